The summed E-state index contributed by atoms with van der Waals surface area (Å²) in [5.41, 5.74) is 2.67. The van der Waals surface area contributed by atoms with E-state index in [0.717, 1.165) is 11.1 Å². The highest BCUT2D eigenvalue weighted by molar-refractivity contribution is 7.89. The third-order valence-corrected chi connectivity index (χ3v) is 7.75. The molecule has 0 fully saturated rings. The summed E-state index contributed by atoms with van der Waals surface area (Å²) in [6.45, 7) is 2.28. The Labute approximate surface area is 232 Å². The Morgan fingerprint density at radius 2 is 1.85 bits per heavy atom. The number of carboxylic acid groups (broad SMARTS) is 1. The van der Waals surface area contributed by atoms with Crippen LogP contribution in [0.15, 0.2) is 77.8 Å². The molecule has 0 bridgehead atoms. The van der Waals surface area contributed by atoms with E-state index >= 15 is 0 Å². The van der Waals surface area contributed by atoms with Gasteiger partial charge in [0.2, 0.25) is 10.0 Å². The Kier molecular flexibility index (Phi) is 8.75. The molecule has 40 heavy (non-hydrogen) atoms. The van der Waals surface area contributed by atoms with Crippen molar-refractivity contribution in [3.63, 3.8) is 0 Å². The number of nitriles is 1. The lowest BCUT2D eigenvalue weighted by Gasteiger charge is -2.15. The highest BCUT2D eigenvalue weighted by atomic mass is 32.2. The van der Waals surface area contributed by atoms with Crippen molar-refractivity contribution in [1.82, 2.24) is 9.29 Å². The van der Waals surface area contributed by atoms with Crippen LogP contribution in [0.5, 0.6) is 11.5 Å². The van der Waals surface area contributed by atoms with Crippen LogP contribution in [-0.2, 0) is 27.8 Å². The van der Waals surface area contributed by atoms with E-state index in [0.29, 0.717) is 34.6 Å². The van der Waals surface area contributed by atoms with Crippen LogP contribution in [0.3, 0.4) is 0 Å². The van der Waals surface area contributed by atoms with Crippen molar-refractivity contribution in [2.24, 2.45) is 0 Å². The number of para-hydroxylation sites is 1. The molecule has 0 aliphatic heterocycles. The van der Waals surface area contributed by atoms with Gasteiger partial charge in [0.05, 0.1) is 30.2 Å². The zero-order chi connectivity index (χ0) is 28.7. The van der Waals surface area contributed by atoms with Gasteiger partial charge in [-0.1, -0.05) is 24.1 Å². The number of methoxy groups -OCH3 is 1. The van der Waals surface area contributed by atoms with Crippen LogP contribution in [0.2, 0.25) is 0 Å². The number of rotatable bonds is 11. The van der Waals surface area contributed by atoms with Gasteiger partial charge in [-0.15, -0.1) is 5.92 Å². The van der Waals surface area contributed by atoms with Crippen molar-refractivity contribution in [2.75, 3.05) is 13.7 Å². The lowest BCUT2D eigenvalue weighted by Crippen LogP contribution is -2.42. The van der Waals surface area contributed by atoms with E-state index in [4.69, 9.17) is 9.47 Å². The van der Waals surface area contributed by atoms with Crippen molar-refractivity contribution >= 4 is 26.9 Å². The van der Waals surface area contributed by atoms with E-state index in [2.05, 4.69) is 22.6 Å². The number of aliphatic carboxylic acids is 1. The summed E-state index contributed by atoms with van der Waals surface area (Å²) in [5, 5.41) is 20.1. The first-order valence-electron chi connectivity index (χ1n) is 12.3. The monoisotopic (exact) mass is 557 g/mol. The van der Waals surface area contributed by atoms with Crippen molar-refractivity contribution < 1.29 is 27.8 Å². The molecule has 1 aromatic heterocycles. The first-order valence-corrected chi connectivity index (χ1v) is 13.8. The summed E-state index contributed by atoms with van der Waals surface area (Å²) < 4.78 is 41.3. The number of nitrogens with one attached hydrogen (secondary N) is 1. The van der Waals surface area contributed by atoms with E-state index in [9.17, 15) is 23.6 Å². The molecule has 0 radical (unpaired) electrons. The molecule has 9 nitrogen and oxygen atoms in total. The number of aromatic nitrogens is 1. The Balaban J connectivity index is 1.64. The van der Waals surface area contributed by atoms with Crippen molar-refractivity contribution in [1.29, 1.82) is 5.26 Å². The first kappa shape index (κ1) is 28.2. The molecule has 0 amide bonds. The van der Waals surface area contributed by atoms with E-state index in [1.165, 1.54) is 24.3 Å². The number of fused-ring (bicyclic) bond motifs is 1. The molecule has 1 atom stereocenters. The smallest absolute Gasteiger partial charge is 0.322 e. The van der Waals surface area contributed by atoms with Gasteiger partial charge in [0.15, 0.2) is 0 Å². The molecule has 4 aromatic rings. The lowest BCUT2D eigenvalue weighted by atomic mass is 10.0. The molecule has 1 unspecified atom stereocenters. The number of hydrogen-bond acceptors (Lipinski definition) is 6. The minimum Gasteiger partial charge on any atom is -0.496 e. The van der Waals surface area contributed by atoms with Gasteiger partial charge in [0.25, 0.3) is 0 Å². The highest BCUT2D eigenvalue weighted by Crippen LogP contribution is 2.28. The molecule has 1 heterocycles. The maximum Gasteiger partial charge on any atom is 0.322 e. The van der Waals surface area contributed by atoms with Crippen LogP contribution in [0.1, 0.15) is 23.6 Å². The number of benzene rings is 3. The maximum absolute atomic E-state index is 13.1. The number of ether oxygens (including phenoxy) is 2. The van der Waals surface area contributed by atoms with Crippen LogP contribution >= 0.6 is 0 Å². The predicted octanol–water partition coefficient (Wildman–Crippen LogP) is 3.95. The van der Waals surface area contributed by atoms with Crippen LogP contribution < -0.4 is 14.2 Å². The largest absolute Gasteiger partial charge is 0.496 e. The zero-order valence-electron chi connectivity index (χ0n) is 21.9. The van der Waals surface area contributed by atoms with Gasteiger partial charge in [0, 0.05) is 29.1 Å². The van der Waals surface area contributed by atoms with E-state index in [1.807, 2.05) is 28.8 Å². The van der Waals surface area contributed by atoms with Crippen molar-refractivity contribution in [3.8, 4) is 29.4 Å². The number of nitrogens with zero attached hydrogens (tertiary/aromatic N) is 2. The molecule has 3 aromatic carbocycles. The quantitative estimate of drug-likeness (QED) is 0.267. The molecule has 4 rings (SSSR count). The van der Waals surface area contributed by atoms with E-state index in [-0.39, 0.29) is 17.9 Å². The molecule has 2 N–H and O–H groups in total. The van der Waals surface area contributed by atoms with E-state index in [1.54, 1.807) is 38.4 Å². The third-order valence-electron chi connectivity index (χ3n) is 6.27. The summed E-state index contributed by atoms with van der Waals surface area (Å²) in [4.78, 5) is 12.1. The third kappa shape index (κ3) is 6.44. The van der Waals surface area contributed by atoms with Crippen LogP contribution in [0, 0.1) is 23.2 Å². The number of hydrogen-bond donors (Lipinski definition) is 2. The minimum absolute atomic E-state index is 0.0990. The lowest BCUT2D eigenvalue weighted by molar-refractivity contribution is -0.138. The van der Waals surface area contributed by atoms with Gasteiger partial charge < -0.3 is 19.1 Å². The van der Waals surface area contributed by atoms with Crippen LogP contribution in [0.25, 0.3) is 10.9 Å². The average molecular weight is 558 g/mol. The van der Waals surface area contributed by atoms with E-state index < -0.39 is 22.0 Å². The number of sulfonamides is 1. The maximum atomic E-state index is 13.1. The number of carbonyl (C=O) groups is 1. The molecule has 0 aliphatic rings. The van der Waals surface area contributed by atoms with Crippen molar-refractivity contribution in [2.45, 2.75) is 30.8 Å². The standard InChI is InChI=1S/C30H27N3O6S/c1-3-4-15-39-24-10-12-25(13-11-24)40(36,37)32-27(30(34)35)17-23-20-33(19-22-7-5-6-8-29(22)38-2)28-14-9-21(18-31)16-26(23)28/h5-14,16,20,27,32H,15,17,19H2,1-2H3,(H,34,35). The summed E-state index contributed by atoms with van der Waals surface area (Å²) in [7, 11) is -2.59. The fourth-order valence-corrected chi connectivity index (χ4v) is 5.50. The highest BCUT2D eigenvalue weighted by Gasteiger charge is 2.27. The predicted molar refractivity (Wildman–Crippen MR) is 150 cm³/mol. The SMILES string of the molecule is CC#CCOc1ccc(S(=O)(=O)NC(Cc2cn(Cc3ccccc3OC)c3ccc(C#N)cc23)C(=O)O)cc1. The summed E-state index contributed by atoms with van der Waals surface area (Å²) >= 11 is 0. The Hall–Kier alpha value is -4.77. The van der Waals surface area contributed by atoms with Gasteiger partial charge in [-0.25, -0.2) is 8.42 Å². The van der Waals surface area contributed by atoms with Gasteiger partial charge in [-0.3, -0.25) is 4.79 Å². The average Bonchev–Trinajstić information content (AvgIpc) is 3.29. The molecule has 0 aliphatic carbocycles. The molecule has 10 heteroatoms. The molecule has 0 saturated heterocycles. The summed E-state index contributed by atoms with van der Waals surface area (Å²) in [6.07, 6.45) is 1.64. The second-order valence-electron chi connectivity index (χ2n) is 8.84. The van der Waals surface area contributed by atoms with Crippen LogP contribution in [0.4, 0.5) is 0 Å². The molecule has 0 saturated carbocycles. The van der Waals surface area contributed by atoms with Crippen molar-refractivity contribution in [3.05, 3.63) is 89.6 Å². The van der Waals surface area contributed by atoms with Gasteiger partial charge >= 0.3 is 5.97 Å². The Bertz CT molecular complexity index is 1740. The molecule has 0 spiro atoms. The normalized spacial score (nSPS) is 11.7. The number of carboxylic acids is 1. The first-order chi connectivity index (χ1) is 19.2. The Morgan fingerprint density at radius 1 is 1.10 bits per heavy atom. The summed E-state index contributed by atoms with van der Waals surface area (Å²) in [6, 6.07) is 19.0. The second kappa shape index (κ2) is 12.4. The minimum atomic E-state index is -4.17. The zero-order valence-corrected chi connectivity index (χ0v) is 22.7. The van der Waals surface area contributed by atoms with Gasteiger partial charge in [-0.2, -0.15) is 9.98 Å². The fourth-order valence-electron chi connectivity index (χ4n) is 4.31. The molecular formula is C30H27N3O6S. The molecule has 204 valence electrons. The molecular weight excluding hydrogens is 530 g/mol. The summed E-state index contributed by atoms with van der Waals surface area (Å²) in [5.74, 6) is 5.26. The van der Waals surface area contributed by atoms with Gasteiger partial charge in [0.1, 0.15) is 24.1 Å². The topological polar surface area (TPSA) is 131 Å². The fraction of sp³-hybridized carbons (Fsp3) is 0.200. The second-order valence-corrected chi connectivity index (χ2v) is 10.6. The van der Waals surface area contributed by atoms with Crippen LogP contribution in [-0.4, -0.2) is 43.8 Å². The Morgan fingerprint density at radius 3 is 2.52 bits per heavy atom. The van der Waals surface area contributed by atoms with Gasteiger partial charge in [-0.05, 0) is 61.0 Å².